The van der Waals surface area contributed by atoms with E-state index in [9.17, 15) is 0 Å². The fourth-order valence-corrected chi connectivity index (χ4v) is 8.22. The van der Waals surface area contributed by atoms with E-state index in [1.165, 1.54) is 0 Å². The van der Waals surface area contributed by atoms with E-state index in [1.54, 1.807) is 12.1 Å². The van der Waals surface area contributed by atoms with Crippen molar-refractivity contribution >= 4 is 46.4 Å². The van der Waals surface area contributed by atoms with Crippen LogP contribution in [0.1, 0.15) is 52.7 Å². The van der Waals surface area contributed by atoms with Gasteiger partial charge in [0.1, 0.15) is 43.1 Å². The summed E-state index contributed by atoms with van der Waals surface area (Å²) < 4.78 is 25.5. The van der Waals surface area contributed by atoms with Crippen molar-refractivity contribution in [2.75, 3.05) is 0 Å². The Morgan fingerprint density at radius 3 is 0.797 bits per heavy atom. The summed E-state index contributed by atoms with van der Waals surface area (Å²) in [6, 6.07) is 47.4. The summed E-state index contributed by atoms with van der Waals surface area (Å²) in [4.78, 5) is 9.36. The van der Waals surface area contributed by atoms with Crippen molar-refractivity contribution in [1.29, 1.82) is 0 Å². The van der Waals surface area contributed by atoms with Crippen LogP contribution in [0.15, 0.2) is 146 Å². The molecule has 0 atom stereocenters. The van der Waals surface area contributed by atoms with Gasteiger partial charge in [0, 0.05) is 0 Å². The van der Waals surface area contributed by atoms with Gasteiger partial charge in [-0.25, -0.2) is 0 Å². The third-order valence-electron chi connectivity index (χ3n) is 10.9. The van der Waals surface area contributed by atoms with Crippen LogP contribution < -0.4 is 18.9 Å². The zero-order chi connectivity index (χ0) is 44.9. The lowest BCUT2D eigenvalue weighted by Gasteiger charge is -2.22. The predicted octanol–water partition coefficient (Wildman–Crippen LogP) is 17.8. The molecule has 320 valence electrons. The van der Waals surface area contributed by atoms with Gasteiger partial charge in [-0.15, -0.1) is 0 Å². The molecular formula is C54H42Cl4N2O4. The highest BCUT2D eigenvalue weighted by Gasteiger charge is 2.21. The Kier molecular flexibility index (Phi) is 11.6. The van der Waals surface area contributed by atoms with Crippen molar-refractivity contribution in [2.45, 2.75) is 52.4 Å². The summed E-state index contributed by atoms with van der Waals surface area (Å²) in [5.74, 6) is 2.74. The van der Waals surface area contributed by atoms with E-state index in [-0.39, 0.29) is 54.4 Å². The van der Waals surface area contributed by atoms with Gasteiger partial charge in [0.2, 0.25) is 23.5 Å². The van der Waals surface area contributed by atoms with E-state index in [0.717, 1.165) is 55.6 Å². The topological polar surface area (TPSA) is 62.7 Å². The molecule has 0 amide bonds. The lowest BCUT2D eigenvalue weighted by Crippen LogP contribution is -2.11. The molecule has 8 aromatic rings. The predicted molar refractivity (Wildman–Crippen MR) is 261 cm³/mol. The zero-order valence-electron chi connectivity index (χ0n) is 35.9. The standard InChI is InChI=1S/C54H42Cl4N2O4/c1-53(2,3)39-21-35-19-36(22-39)32-12-8-16-42(26-32)62-50-46(56)30-48(58)52(60-50)64-44-18-10-14-34(28-44)38-20-37(23-40(24-38)54(4,5)6)33-13-9-17-43(27-33)63-51-47(57)29-45(55)49(59-51)61-41-15-7-11-31(35)25-41/h7-30H,1-6H3. The van der Waals surface area contributed by atoms with Crippen LogP contribution in [-0.2, 0) is 10.8 Å². The van der Waals surface area contributed by atoms with Crippen LogP contribution in [0, 0.1) is 0 Å². The molecule has 0 aliphatic carbocycles. The molecule has 10 heteroatoms. The van der Waals surface area contributed by atoms with Gasteiger partial charge >= 0.3 is 0 Å². The number of rotatable bonds is 0. The van der Waals surface area contributed by atoms with Gasteiger partial charge in [-0.05, 0) is 139 Å². The minimum atomic E-state index is -0.169. The average molecular weight is 925 g/mol. The SMILES string of the molecule is CC(C)(C)c1cc2cc(c1)-c1cccc(c1)Oc1nc(c(Cl)cc1Cl)Oc1cccc(c1)-c1cc(cc(C(C)(C)C)c1)-c1cccc(c1)Oc1nc(c(Cl)cc1Cl)Oc1cccc-2c1. The molecule has 0 N–H and O–H groups in total. The molecule has 1 aliphatic rings. The Bertz CT molecular complexity index is 2710. The van der Waals surface area contributed by atoms with Gasteiger partial charge in [0.25, 0.3) is 0 Å². The quantitative estimate of drug-likeness (QED) is 0.151. The molecule has 0 fully saturated rings. The van der Waals surface area contributed by atoms with Crippen LogP contribution in [0.3, 0.4) is 0 Å². The van der Waals surface area contributed by atoms with Crippen molar-refractivity contribution in [3.05, 3.63) is 177 Å². The number of hydrogen-bond acceptors (Lipinski definition) is 6. The number of fused-ring (bicyclic) bond motifs is 20. The van der Waals surface area contributed by atoms with Gasteiger partial charge in [0.05, 0.1) is 0 Å². The monoisotopic (exact) mass is 922 g/mol. The maximum Gasteiger partial charge on any atom is 0.241 e. The molecular weight excluding hydrogens is 882 g/mol. The van der Waals surface area contributed by atoms with Crippen LogP contribution in [-0.4, -0.2) is 9.97 Å². The molecule has 3 heterocycles. The van der Waals surface area contributed by atoms with E-state index in [1.807, 2.05) is 97.1 Å². The molecule has 6 nitrogen and oxygen atoms in total. The summed E-state index contributed by atoms with van der Waals surface area (Å²) in [5, 5.41) is 0.954. The number of aromatic nitrogens is 2. The van der Waals surface area contributed by atoms with E-state index >= 15 is 0 Å². The second-order valence-corrected chi connectivity index (χ2v) is 19.4. The molecule has 0 radical (unpaired) electrons. The Balaban J connectivity index is 1.20. The Morgan fingerprint density at radius 1 is 0.312 bits per heavy atom. The van der Waals surface area contributed by atoms with Crippen LogP contribution in [0.2, 0.25) is 20.1 Å². The van der Waals surface area contributed by atoms with E-state index in [0.29, 0.717) is 23.0 Å². The molecule has 2 aromatic heterocycles. The van der Waals surface area contributed by atoms with E-state index in [2.05, 4.69) is 87.9 Å². The summed E-state index contributed by atoms with van der Waals surface area (Å²) in [6.45, 7) is 13.1. The van der Waals surface area contributed by atoms with Gasteiger partial charge in [-0.3, -0.25) is 0 Å². The third kappa shape index (κ3) is 9.43. The fraction of sp³-hybridized carbons (Fsp3) is 0.148. The van der Waals surface area contributed by atoms with Crippen LogP contribution in [0.4, 0.5) is 0 Å². The Labute approximate surface area is 393 Å². The van der Waals surface area contributed by atoms with Crippen LogP contribution >= 0.6 is 46.4 Å². The number of halogens is 4. The molecule has 0 saturated heterocycles. The molecule has 0 spiro atoms. The van der Waals surface area contributed by atoms with Crippen molar-refractivity contribution in [2.24, 2.45) is 0 Å². The van der Waals surface area contributed by atoms with Crippen molar-refractivity contribution in [3.63, 3.8) is 0 Å². The highest BCUT2D eigenvalue weighted by atomic mass is 35.5. The van der Waals surface area contributed by atoms with Crippen molar-refractivity contribution in [3.8, 4) is 91.0 Å². The number of hydrogen-bond donors (Lipinski definition) is 0. The molecule has 1 aliphatic heterocycles. The number of benzene rings is 6. The Morgan fingerprint density at radius 2 is 0.562 bits per heavy atom. The summed E-state index contributed by atoms with van der Waals surface area (Å²) in [5.41, 5.74) is 9.60. The average Bonchev–Trinajstić information content (AvgIpc) is 3.26. The third-order valence-corrected chi connectivity index (χ3v) is 11.9. The molecule has 16 bridgehead atoms. The fourth-order valence-electron chi connectivity index (χ4n) is 7.34. The summed E-state index contributed by atoms with van der Waals surface area (Å²) >= 11 is 26.9. The molecule has 9 rings (SSSR count). The number of nitrogens with zero attached hydrogens (tertiary/aromatic N) is 2. The second-order valence-electron chi connectivity index (χ2n) is 17.7. The van der Waals surface area contributed by atoms with E-state index in [4.69, 9.17) is 65.4 Å². The maximum atomic E-state index is 6.72. The first kappa shape index (κ1) is 43.2. The minimum absolute atomic E-state index is 0.152. The van der Waals surface area contributed by atoms with Gasteiger partial charge < -0.3 is 18.9 Å². The number of pyridine rings is 2. The largest absolute Gasteiger partial charge is 0.437 e. The smallest absolute Gasteiger partial charge is 0.241 e. The highest BCUT2D eigenvalue weighted by Crippen LogP contribution is 2.43. The van der Waals surface area contributed by atoms with Gasteiger partial charge in [0.15, 0.2) is 0 Å². The Hall–Kier alpha value is -6.02. The molecule has 6 aromatic carbocycles. The molecule has 64 heavy (non-hydrogen) atoms. The summed E-state index contributed by atoms with van der Waals surface area (Å²) in [7, 11) is 0. The summed E-state index contributed by atoms with van der Waals surface area (Å²) in [6.07, 6.45) is 0. The molecule has 0 saturated carbocycles. The van der Waals surface area contributed by atoms with E-state index < -0.39 is 0 Å². The van der Waals surface area contributed by atoms with Gasteiger partial charge in [-0.1, -0.05) is 161 Å². The normalized spacial score (nSPS) is 12.4. The maximum absolute atomic E-state index is 6.72. The number of ether oxygens (including phenoxy) is 4. The minimum Gasteiger partial charge on any atom is -0.437 e. The highest BCUT2D eigenvalue weighted by molar-refractivity contribution is 6.36. The second kappa shape index (κ2) is 17.2. The van der Waals surface area contributed by atoms with Crippen molar-refractivity contribution in [1.82, 2.24) is 9.97 Å². The molecule has 0 unspecified atom stereocenters. The lowest BCUT2D eigenvalue weighted by molar-refractivity contribution is 0.426. The van der Waals surface area contributed by atoms with Crippen LogP contribution in [0.5, 0.6) is 46.5 Å². The lowest BCUT2D eigenvalue weighted by atomic mass is 9.83. The van der Waals surface area contributed by atoms with Crippen LogP contribution in [0.25, 0.3) is 44.5 Å². The first-order valence-electron chi connectivity index (χ1n) is 20.7. The first-order chi connectivity index (χ1) is 30.5. The van der Waals surface area contributed by atoms with Crippen molar-refractivity contribution < 1.29 is 18.9 Å². The van der Waals surface area contributed by atoms with Gasteiger partial charge in [-0.2, -0.15) is 9.97 Å². The first-order valence-corrected chi connectivity index (χ1v) is 22.2. The zero-order valence-corrected chi connectivity index (χ0v) is 38.9.